The van der Waals surface area contributed by atoms with Crippen molar-refractivity contribution in [1.82, 2.24) is 10.2 Å². The van der Waals surface area contributed by atoms with Crippen molar-refractivity contribution >= 4 is 11.8 Å². The molecule has 2 atom stereocenters. The van der Waals surface area contributed by atoms with Crippen LogP contribution in [0.4, 0.5) is 30.7 Å². The number of nitrogens with one attached hydrogen (secondary N) is 1. The van der Waals surface area contributed by atoms with Crippen LogP contribution in [0.15, 0.2) is 48.5 Å². The highest BCUT2D eigenvalue weighted by Crippen LogP contribution is 2.50. The second-order valence-corrected chi connectivity index (χ2v) is 9.70. The van der Waals surface area contributed by atoms with E-state index in [1.165, 1.54) is 12.1 Å². The Balaban J connectivity index is 1.63. The zero-order valence-electron chi connectivity index (χ0n) is 20.3. The Morgan fingerprint density at radius 3 is 2.00 bits per heavy atom. The first-order chi connectivity index (χ1) is 17.7. The third-order valence-corrected chi connectivity index (χ3v) is 7.70. The van der Waals surface area contributed by atoms with Crippen LogP contribution in [-0.4, -0.2) is 49.6 Å². The van der Waals surface area contributed by atoms with E-state index in [2.05, 4.69) is 5.32 Å². The van der Waals surface area contributed by atoms with E-state index in [1.54, 1.807) is 12.1 Å². The van der Waals surface area contributed by atoms with Crippen molar-refractivity contribution in [2.75, 3.05) is 26.7 Å². The summed E-state index contributed by atoms with van der Waals surface area (Å²) in [7, 11) is 0.685. The molecule has 12 heteroatoms. The molecule has 1 N–H and O–H groups in total. The third-order valence-electron chi connectivity index (χ3n) is 7.70. The molecular formula is C26H25F7N2O3. The zero-order valence-corrected chi connectivity index (χ0v) is 20.3. The first-order valence-electron chi connectivity index (χ1n) is 11.8. The predicted molar refractivity (Wildman–Crippen MR) is 121 cm³/mol. The second kappa shape index (κ2) is 9.87. The summed E-state index contributed by atoms with van der Waals surface area (Å²) < 4.78 is 101. The number of ether oxygens (including phenoxy) is 1. The highest BCUT2D eigenvalue weighted by atomic mass is 19.4. The summed E-state index contributed by atoms with van der Waals surface area (Å²) >= 11 is 0. The second-order valence-electron chi connectivity index (χ2n) is 9.70. The number of carbonyl (C=O) groups is 2. The van der Waals surface area contributed by atoms with Crippen LogP contribution in [-0.2, 0) is 26.1 Å². The van der Waals surface area contributed by atoms with Crippen molar-refractivity contribution in [1.29, 1.82) is 0 Å². The highest BCUT2D eigenvalue weighted by Gasteiger charge is 2.64. The molecule has 4 rings (SSSR count). The van der Waals surface area contributed by atoms with Gasteiger partial charge >= 0.3 is 12.4 Å². The lowest BCUT2D eigenvalue weighted by atomic mass is 9.62. The van der Waals surface area contributed by atoms with Gasteiger partial charge < -0.3 is 15.0 Å². The molecule has 2 fully saturated rings. The van der Waals surface area contributed by atoms with Crippen LogP contribution in [0.3, 0.4) is 0 Å². The minimum atomic E-state index is -5.28. The van der Waals surface area contributed by atoms with Gasteiger partial charge in [0.1, 0.15) is 5.82 Å². The van der Waals surface area contributed by atoms with E-state index in [9.17, 15) is 40.3 Å². The first-order valence-corrected chi connectivity index (χ1v) is 11.8. The summed E-state index contributed by atoms with van der Waals surface area (Å²) in [6, 6.07) is 7.92. The van der Waals surface area contributed by atoms with E-state index in [4.69, 9.17) is 4.74 Å². The van der Waals surface area contributed by atoms with E-state index in [0.29, 0.717) is 31.4 Å². The number of halogens is 7. The van der Waals surface area contributed by atoms with Gasteiger partial charge in [0.05, 0.1) is 5.56 Å². The van der Waals surface area contributed by atoms with E-state index in [1.807, 2.05) is 0 Å². The van der Waals surface area contributed by atoms with Crippen molar-refractivity contribution in [2.24, 2.45) is 5.41 Å². The number of hydrogen-bond acceptors (Lipinski definition) is 3. The molecule has 0 aliphatic carbocycles. The highest BCUT2D eigenvalue weighted by molar-refractivity contribution is 5.88. The number of rotatable bonds is 4. The lowest BCUT2D eigenvalue weighted by molar-refractivity contribution is -0.271. The standard InChI is InChI=1S/C26H25F7N2O3/c1-38-24(26(31,32)33,17-4-6-18(7-5-17)25(28,29)30)22(37)35-12-10-23(11-13-35)14-21(36)34-15-20(23)16-2-8-19(27)9-3-16/h2-9,20H,10-15H2,1H3,(H,34,36). The van der Waals surface area contributed by atoms with Crippen molar-refractivity contribution < 1.29 is 45.1 Å². The normalized spacial score (nSPS) is 21.6. The molecule has 206 valence electrons. The van der Waals surface area contributed by atoms with Crippen LogP contribution in [0.1, 0.15) is 41.9 Å². The van der Waals surface area contributed by atoms with Gasteiger partial charge in [0.15, 0.2) is 0 Å². The van der Waals surface area contributed by atoms with Gasteiger partial charge in [-0.3, -0.25) is 9.59 Å². The number of piperidine rings is 2. The molecule has 2 heterocycles. The summed E-state index contributed by atoms with van der Waals surface area (Å²) in [5.41, 5.74) is -5.35. The van der Waals surface area contributed by atoms with Gasteiger partial charge in [-0.15, -0.1) is 0 Å². The quantitative estimate of drug-likeness (QED) is 0.539. The molecule has 2 saturated heterocycles. The van der Waals surface area contributed by atoms with Gasteiger partial charge in [0.2, 0.25) is 5.91 Å². The molecule has 2 aliphatic heterocycles. The number of nitrogens with zero attached hydrogens (tertiary/aromatic N) is 1. The number of methoxy groups -OCH3 is 1. The van der Waals surface area contributed by atoms with Crippen molar-refractivity contribution in [2.45, 2.75) is 43.1 Å². The van der Waals surface area contributed by atoms with Crippen LogP contribution in [0.2, 0.25) is 0 Å². The SMILES string of the molecule is COC(C(=O)N1CCC2(CC1)CC(=O)NCC2c1ccc(F)cc1)(c1ccc(C(F)(F)F)cc1)C(F)(F)F. The Hall–Kier alpha value is -3.15. The summed E-state index contributed by atoms with van der Waals surface area (Å²) in [5.74, 6) is -2.35. The molecule has 2 aromatic carbocycles. The summed E-state index contributed by atoms with van der Waals surface area (Å²) in [4.78, 5) is 26.7. The molecule has 2 aliphatic rings. The van der Waals surface area contributed by atoms with Gasteiger partial charge in [0, 0.05) is 44.6 Å². The van der Waals surface area contributed by atoms with E-state index in [0.717, 1.165) is 10.5 Å². The molecule has 2 unspecified atom stereocenters. The Morgan fingerprint density at radius 2 is 1.50 bits per heavy atom. The Labute approximate surface area is 213 Å². The van der Waals surface area contributed by atoms with E-state index >= 15 is 0 Å². The van der Waals surface area contributed by atoms with Crippen molar-refractivity contribution in [3.8, 4) is 0 Å². The largest absolute Gasteiger partial charge is 0.430 e. The number of hydrogen-bond donors (Lipinski definition) is 1. The average molecular weight is 546 g/mol. The van der Waals surface area contributed by atoms with Gasteiger partial charge in [0.25, 0.3) is 11.5 Å². The fraction of sp³-hybridized carbons (Fsp3) is 0.462. The van der Waals surface area contributed by atoms with Crippen LogP contribution < -0.4 is 5.32 Å². The Morgan fingerprint density at radius 1 is 0.947 bits per heavy atom. The molecular weight excluding hydrogens is 521 g/mol. The minimum absolute atomic E-state index is 0.0880. The third kappa shape index (κ3) is 4.85. The van der Waals surface area contributed by atoms with Crippen LogP contribution in [0.25, 0.3) is 0 Å². The molecule has 1 spiro atoms. The smallest absolute Gasteiger partial charge is 0.356 e. The lowest BCUT2D eigenvalue weighted by Gasteiger charge is -2.50. The zero-order chi connectivity index (χ0) is 27.9. The Bertz CT molecular complexity index is 1170. The van der Waals surface area contributed by atoms with Crippen LogP contribution in [0, 0.1) is 11.2 Å². The molecule has 2 amide bonds. The number of alkyl halides is 6. The topological polar surface area (TPSA) is 58.6 Å². The maximum Gasteiger partial charge on any atom is 0.430 e. The number of carbonyl (C=O) groups excluding carboxylic acids is 2. The summed E-state index contributed by atoms with van der Waals surface area (Å²) in [6.07, 6.45) is -9.58. The number of likely N-dealkylation sites (tertiary alicyclic amines) is 1. The summed E-state index contributed by atoms with van der Waals surface area (Å²) in [6.45, 7) is -0.00814. The molecule has 0 saturated carbocycles. The minimum Gasteiger partial charge on any atom is -0.356 e. The van der Waals surface area contributed by atoms with Crippen molar-refractivity contribution in [3.05, 3.63) is 71.0 Å². The average Bonchev–Trinajstić information content (AvgIpc) is 2.85. The van der Waals surface area contributed by atoms with Gasteiger partial charge in [-0.2, -0.15) is 26.3 Å². The van der Waals surface area contributed by atoms with Crippen LogP contribution in [0.5, 0.6) is 0 Å². The van der Waals surface area contributed by atoms with Gasteiger partial charge in [-0.05, 0) is 48.1 Å². The molecule has 0 radical (unpaired) electrons. The fourth-order valence-electron chi connectivity index (χ4n) is 5.63. The molecule has 5 nitrogen and oxygen atoms in total. The lowest BCUT2D eigenvalue weighted by Crippen LogP contribution is -2.60. The first kappa shape index (κ1) is 27.9. The van der Waals surface area contributed by atoms with Crippen molar-refractivity contribution in [3.63, 3.8) is 0 Å². The van der Waals surface area contributed by atoms with Gasteiger partial charge in [-0.25, -0.2) is 4.39 Å². The van der Waals surface area contributed by atoms with E-state index in [-0.39, 0.29) is 50.7 Å². The summed E-state index contributed by atoms with van der Waals surface area (Å²) in [5, 5.41) is 2.78. The maximum absolute atomic E-state index is 14.4. The molecule has 38 heavy (non-hydrogen) atoms. The molecule has 0 aromatic heterocycles. The predicted octanol–water partition coefficient (Wildman–Crippen LogP) is 5.16. The number of amides is 2. The fourth-order valence-corrected chi connectivity index (χ4v) is 5.63. The number of benzene rings is 2. The Kier molecular flexibility index (Phi) is 7.24. The maximum atomic E-state index is 14.4. The molecule has 0 bridgehead atoms. The van der Waals surface area contributed by atoms with Gasteiger partial charge in [-0.1, -0.05) is 24.3 Å². The van der Waals surface area contributed by atoms with Crippen LogP contribution >= 0.6 is 0 Å². The van der Waals surface area contributed by atoms with E-state index < -0.39 is 46.2 Å². The monoisotopic (exact) mass is 546 g/mol. The molecule has 2 aromatic rings.